The molecule has 36 heavy (non-hydrogen) atoms. The van der Waals surface area contributed by atoms with Crippen LogP contribution in [-0.4, -0.2) is 57.9 Å². The molecule has 0 saturated carbocycles. The van der Waals surface area contributed by atoms with Gasteiger partial charge in [-0.25, -0.2) is 9.97 Å². The molecule has 2 N–H and O–H groups in total. The van der Waals surface area contributed by atoms with Crippen LogP contribution < -0.4 is 10.2 Å². The second kappa shape index (κ2) is 10.5. The molecule has 0 unspecified atom stereocenters. The highest BCUT2D eigenvalue weighted by atomic mass is 16.5. The Morgan fingerprint density at radius 3 is 2.58 bits per heavy atom. The van der Waals surface area contributed by atoms with Gasteiger partial charge in [0.25, 0.3) is 0 Å². The molecule has 5 rings (SSSR count). The zero-order chi connectivity index (χ0) is 24.9. The molecule has 1 aromatic carbocycles. The number of hydrogen-bond acceptors (Lipinski definition) is 7. The highest BCUT2D eigenvalue weighted by Gasteiger charge is 2.17. The Morgan fingerprint density at radius 1 is 1.06 bits per heavy atom. The molecule has 4 aromatic rings. The average Bonchev–Trinajstić information content (AvgIpc) is 3.35. The van der Waals surface area contributed by atoms with Crippen molar-refractivity contribution in [1.82, 2.24) is 19.9 Å². The maximum atomic E-state index is 12.6. The maximum absolute atomic E-state index is 12.6. The summed E-state index contributed by atoms with van der Waals surface area (Å²) in [6.45, 7) is 6.42. The van der Waals surface area contributed by atoms with Crippen molar-refractivity contribution in [3.63, 3.8) is 0 Å². The summed E-state index contributed by atoms with van der Waals surface area (Å²) in [7, 11) is 0. The number of hydrogen-bond donors (Lipinski definition) is 2. The van der Waals surface area contributed by atoms with Crippen LogP contribution in [0.2, 0.25) is 0 Å². The topological polar surface area (TPSA) is 113 Å². The van der Waals surface area contributed by atoms with Crippen LogP contribution in [0.4, 0.5) is 11.5 Å². The van der Waals surface area contributed by atoms with Gasteiger partial charge in [-0.05, 0) is 35.4 Å². The van der Waals surface area contributed by atoms with Crippen molar-refractivity contribution in [2.45, 2.75) is 12.8 Å². The quantitative estimate of drug-likeness (QED) is 0.370. The Kier molecular flexibility index (Phi) is 6.81. The molecule has 9 nitrogen and oxygen atoms in total. The van der Waals surface area contributed by atoms with Gasteiger partial charge in [-0.15, -0.1) is 0 Å². The van der Waals surface area contributed by atoms with Crippen LogP contribution in [0.25, 0.3) is 22.3 Å². The predicted molar refractivity (Wildman–Crippen MR) is 138 cm³/mol. The van der Waals surface area contributed by atoms with E-state index in [1.807, 2.05) is 24.3 Å². The van der Waals surface area contributed by atoms with Crippen molar-refractivity contribution in [3.05, 3.63) is 78.9 Å². The lowest BCUT2D eigenvalue weighted by Crippen LogP contribution is -2.36. The number of aromatic nitrogens is 4. The number of ether oxygens (including phenoxy) is 1. The summed E-state index contributed by atoms with van der Waals surface area (Å²) < 4.78 is 5.46. The minimum atomic E-state index is -0.304. The second-order valence-corrected chi connectivity index (χ2v) is 8.56. The smallest absolute Gasteiger partial charge is 0.247 e. The SMILES string of the molecule is C=CC(=O)Nc1ccc(CC(=O)Cc2ccc(-c3cc4c(N5CCOCC5)ncnc4[nH]3)cc2)nc1. The number of rotatable bonds is 8. The van der Waals surface area contributed by atoms with E-state index < -0.39 is 0 Å². The van der Waals surface area contributed by atoms with Crippen LogP contribution in [0.3, 0.4) is 0 Å². The molecule has 1 aliphatic heterocycles. The number of carbonyl (C=O) groups excluding carboxylic acids is 2. The highest BCUT2D eigenvalue weighted by molar-refractivity contribution is 5.98. The zero-order valence-electron chi connectivity index (χ0n) is 19.7. The number of nitrogens with zero attached hydrogens (tertiary/aromatic N) is 4. The molecule has 182 valence electrons. The first-order chi connectivity index (χ1) is 17.6. The Hall–Kier alpha value is -4.37. The summed E-state index contributed by atoms with van der Waals surface area (Å²) >= 11 is 0. The van der Waals surface area contributed by atoms with Crippen LogP contribution >= 0.6 is 0 Å². The van der Waals surface area contributed by atoms with E-state index >= 15 is 0 Å². The highest BCUT2D eigenvalue weighted by Crippen LogP contribution is 2.29. The van der Waals surface area contributed by atoms with Crippen LogP contribution in [-0.2, 0) is 27.2 Å². The number of benzene rings is 1. The fourth-order valence-corrected chi connectivity index (χ4v) is 4.20. The zero-order valence-corrected chi connectivity index (χ0v) is 19.7. The van der Waals surface area contributed by atoms with Gasteiger partial charge in [-0.3, -0.25) is 14.6 Å². The maximum Gasteiger partial charge on any atom is 0.247 e. The Labute approximate surface area is 208 Å². The number of anilines is 2. The fourth-order valence-electron chi connectivity index (χ4n) is 4.20. The lowest BCUT2D eigenvalue weighted by Gasteiger charge is -2.27. The third kappa shape index (κ3) is 5.31. The molecule has 1 saturated heterocycles. The Balaban J connectivity index is 1.24. The van der Waals surface area contributed by atoms with Crippen molar-refractivity contribution in [1.29, 1.82) is 0 Å². The normalized spacial score (nSPS) is 13.5. The molecular weight excluding hydrogens is 456 g/mol. The third-order valence-electron chi connectivity index (χ3n) is 6.04. The number of fused-ring (bicyclic) bond motifs is 1. The van der Waals surface area contributed by atoms with E-state index in [9.17, 15) is 9.59 Å². The first-order valence-electron chi connectivity index (χ1n) is 11.7. The first-order valence-corrected chi connectivity index (χ1v) is 11.7. The molecule has 0 bridgehead atoms. The van der Waals surface area contributed by atoms with Gasteiger partial charge >= 0.3 is 0 Å². The van der Waals surface area contributed by atoms with Gasteiger partial charge in [0, 0.05) is 37.3 Å². The number of H-pyrrole nitrogens is 1. The molecule has 0 aliphatic carbocycles. The summed E-state index contributed by atoms with van der Waals surface area (Å²) in [5.41, 5.74) is 4.91. The predicted octanol–water partition coefficient (Wildman–Crippen LogP) is 3.34. The Bertz CT molecular complexity index is 1390. The van der Waals surface area contributed by atoms with Gasteiger partial charge in [-0.1, -0.05) is 30.8 Å². The molecule has 1 aliphatic rings. The number of amides is 1. The van der Waals surface area contributed by atoms with Gasteiger partial charge in [0.05, 0.1) is 30.5 Å². The van der Waals surface area contributed by atoms with E-state index in [-0.39, 0.29) is 18.1 Å². The summed E-state index contributed by atoms with van der Waals surface area (Å²) in [5.74, 6) is 0.675. The van der Waals surface area contributed by atoms with E-state index in [1.54, 1.807) is 18.5 Å². The van der Waals surface area contributed by atoms with E-state index in [0.717, 1.165) is 46.8 Å². The fraction of sp³-hybridized carbons (Fsp3) is 0.222. The minimum absolute atomic E-state index is 0.0640. The van der Waals surface area contributed by atoms with Crippen molar-refractivity contribution in [2.24, 2.45) is 0 Å². The number of ketones is 1. The van der Waals surface area contributed by atoms with Gasteiger partial charge in [0.2, 0.25) is 5.91 Å². The molecule has 0 atom stereocenters. The summed E-state index contributed by atoms with van der Waals surface area (Å²) in [5, 5.41) is 3.62. The van der Waals surface area contributed by atoms with Crippen molar-refractivity contribution < 1.29 is 14.3 Å². The van der Waals surface area contributed by atoms with Gasteiger partial charge in [-0.2, -0.15) is 0 Å². The molecule has 9 heteroatoms. The lowest BCUT2D eigenvalue weighted by atomic mass is 10.0. The Morgan fingerprint density at radius 2 is 1.86 bits per heavy atom. The van der Waals surface area contributed by atoms with Gasteiger partial charge < -0.3 is 19.9 Å². The van der Waals surface area contributed by atoms with Crippen LogP contribution in [0.5, 0.6) is 0 Å². The van der Waals surface area contributed by atoms with Gasteiger partial charge in [0.15, 0.2) is 0 Å². The number of pyridine rings is 1. The lowest BCUT2D eigenvalue weighted by molar-refractivity contribution is -0.118. The standard InChI is InChI=1S/C27H26N6O3/c1-2-25(35)31-21-8-7-20(28-16-21)14-22(34)13-18-3-5-19(6-4-18)24-15-23-26(32-24)29-17-30-27(23)33-9-11-36-12-10-33/h2-8,15-17H,1,9-14H2,(H,31,35)(H,29,30,32). The largest absolute Gasteiger partial charge is 0.378 e. The molecule has 1 fully saturated rings. The number of morpholine rings is 1. The average molecular weight is 483 g/mol. The van der Waals surface area contributed by atoms with Crippen molar-refractivity contribution in [2.75, 3.05) is 36.5 Å². The molecule has 3 aromatic heterocycles. The molecule has 1 amide bonds. The second-order valence-electron chi connectivity index (χ2n) is 8.56. The number of carbonyl (C=O) groups is 2. The van der Waals surface area contributed by atoms with Crippen LogP contribution in [0, 0.1) is 0 Å². The monoisotopic (exact) mass is 482 g/mol. The summed E-state index contributed by atoms with van der Waals surface area (Å²) in [6, 6.07) is 13.5. The first kappa shape index (κ1) is 23.4. The van der Waals surface area contributed by atoms with Crippen LogP contribution in [0.15, 0.2) is 67.6 Å². The molecule has 0 radical (unpaired) electrons. The van der Waals surface area contributed by atoms with Gasteiger partial charge in [0.1, 0.15) is 23.6 Å². The molecule has 0 spiro atoms. The third-order valence-corrected chi connectivity index (χ3v) is 6.04. The van der Waals surface area contributed by atoms with Crippen molar-refractivity contribution >= 4 is 34.2 Å². The van der Waals surface area contributed by atoms with Crippen LogP contribution in [0.1, 0.15) is 11.3 Å². The summed E-state index contributed by atoms with van der Waals surface area (Å²) in [4.78, 5) is 42.8. The van der Waals surface area contributed by atoms with E-state index in [2.05, 4.69) is 42.8 Å². The molecule has 4 heterocycles. The summed E-state index contributed by atoms with van der Waals surface area (Å²) in [6.07, 6.45) is 4.85. The van der Waals surface area contributed by atoms with E-state index in [1.165, 1.54) is 12.3 Å². The molecular formula is C27H26N6O3. The number of aromatic amines is 1. The number of nitrogens with one attached hydrogen (secondary N) is 2. The van der Waals surface area contributed by atoms with E-state index in [0.29, 0.717) is 31.0 Å². The van der Waals surface area contributed by atoms with E-state index in [4.69, 9.17) is 4.74 Å². The van der Waals surface area contributed by atoms with Crippen molar-refractivity contribution in [3.8, 4) is 11.3 Å². The minimum Gasteiger partial charge on any atom is -0.378 e. The number of Topliss-reactive ketones (excluding diaryl/α,β-unsaturated/α-hetero) is 1.